The van der Waals surface area contributed by atoms with Crippen molar-refractivity contribution < 1.29 is 9.53 Å². The first-order chi connectivity index (χ1) is 14.3. The summed E-state index contributed by atoms with van der Waals surface area (Å²) >= 11 is 0. The van der Waals surface area contributed by atoms with Gasteiger partial charge in [0.2, 0.25) is 5.91 Å². The summed E-state index contributed by atoms with van der Waals surface area (Å²) in [6.45, 7) is 2.41. The van der Waals surface area contributed by atoms with Gasteiger partial charge in [-0.2, -0.15) is 5.10 Å². The number of morpholine rings is 1. The SMILES string of the molecule is O=C(CCn1cncn1)N1CCOC(CC(c2ccccc2)c2ccccc2)C1. The molecule has 29 heavy (non-hydrogen) atoms. The quantitative estimate of drug-likeness (QED) is 0.622. The molecule has 6 nitrogen and oxygen atoms in total. The van der Waals surface area contributed by atoms with Gasteiger partial charge in [0.15, 0.2) is 0 Å². The highest BCUT2D eigenvalue weighted by molar-refractivity contribution is 5.76. The molecule has 150 valence electrons. The van der Waals surface area contributed by atoms with Crippen LogP contribution in [-0.2, 0) is 16.1 Å². The summed E-state index contributed by atoms with van der Waals surface area (Å²) in [6.07, 6.45) is 4.42. The van der Waals surface area contributed by atoms with Crippen molar-refractivity contribution in [2.75, 3.05) is 19.7 Å². The van der Waals surface area contributed by atoms with Crippen LogP contribution in [0.15, 0.2) is 73.3 Å². The van der Waals surface area contributed by atoms with Gasteiger partial charge in [0.25, 0.3) is 0 Å². The largest absolute Gasteiger partial charge is 0.375 e. The molecule has 0 N–H and O–H groups in total. The predicted molar refractivity (Wildman–Crippen MR) is 110 cm³/mol. The minimum atomic E-state index is 0.0180. The average Bonchev–Trinajstić information content (AvgIpc) is 3.31. The number of rotatable bonds is 7. The lowest BCUT2D eigenvalue weighted by Gasteiger charge is -2.35. The molecule has 1 amide bonds. The summed E-state index contributed by atoms with van der Waals surface area (Å²) in [5.41, 5.74) is 2.55. The summed E-state index contributed by atoms with van der Waals surface area (Å²) in [7, 11) is 0. The Morgan fingerprint density at radius 3 is 2.38 bits per heavy atom. The summed E-state index contributed by atoms with van der Waals surface area (Å²) in [5, 5.41) is 4.06. The molecule has 2 aromatic carbocycles. The lowest BCUT2D eigenvalue weighted by molar-refractivity contribution is -0.139. The number of amides is 1. The molecule has 0 aliphatic carbocycles. The standard InChI is InChI=1S/C23H26N4O2/c28-23(11-12-27-18-24-17-25-27)26-13-14-29-21(16-26)15-22(19-7-3-1-4-8-19)20-9-5-2-6-10-20/h1-10,17-18,21-22H,11-16H2. The fourth-order valence-electron chi connectivity index (χ4n) is 3.90. The number of carbonyl (C=O) groups is 1. The normalized spacial score (nSPS) is 16.9. The monoisotopic (exact) mass is 390 g/mol. The minimum Gasteiger partial charge on any atom is -0.375 e. The maximum absolute atomic E-state index is 12.7. The van der Waals surface area contributed by atoms with E-state index in [0.29, 0.717) is 32.7 Å². The summed E-state index contributed by atoms with van der Waals surface area (Å²) in [5.74, 6) is 0.386. The first-order valence-corrected chi connectivity index (χ1v) is 10.1. The smallest absolute Gasteiger partial charge is 0.224 e. The van der Waals surface area contributed by atoms with Crippen LogP contribution in [0.2, 0.25) is 0 Å². The van der Waals surface area contributed by atoms with E-state index in [1.54, 1.807) is 11.0 Å². The van der Waals surface area contributed by atoms with Crippen LogP contribution in [0.4, 0.5) is 0 Å². The van der Waals surface area contributed by atoms with Crippen LogP contribution in [0, 0.1) is 0 Å². The second-order valence-electron chi connectivity index (χ2n) is 7.35. The number of nitrogens with zero attached hydrogens (tertiary/aromatic N) is 4. The Kier molecular flexibility index (Phi) is 6.32. The summed E-state index contributed by atoms with van der Waals surface area (Å²) in [6, 6.07) is 21.1. The van der Waals surface area contributed by atoms with Gasteiger partial charge < -0.3 is 9.64 Å². The van der Waals surface area contributed by atoms with E-state index in [1.165, 1.54) is 17.5 Å². The van der Waals surface area contributed by atoms with E-state index in [0.717, 1.165) is 6.42 Å². The molecule has 4 rings (SSSR count). The van der Waals surface area contributed by atoms with Gasteiger partial charge in [-0.1, -0.05) is 60.7 Å². The van der Waals surface area contributed by atoms with E-state index in [1.807, 2.05) is 17.0 Å². The Morgan fingerprint density at radius 2 is 1.76 bits per heavy atom. The van der Waals surface area contributed by atoms with Gasteiger partial charge in [-0.05, 0) is 17.5 Å². The molecule has 6 heteroatoms. The molecular formula is C23H26N4O2. The number of hydrogen-bond acceptors (Lipinski definition) is 4. The third kappa shape index (κ3) is 5.09. The number of aromatic nitrogens is 3. The minimum absolute atomic E-state index is 0.0180. The predicted octanol–water partition coefficient (Wildman–Crippen LogP) is 3.12. The lowest BCUT2D eigenvalue weighted by Crippen LogP contribution is -2.46. The molecule has 1 fully saturated rings. The number of aryl methyl sites for hydroxylation is 1. The van der Waals surface area contributed by atoms with Crippen LogP contribution in [0.1, 0.15) is 29.9 Å². The molecule has 0 saturated carbocycles. The molecule has 1 aliphatic rings. The van der Waals surface area contributed by atoms with Crippen molar-refractivity contribution in [2.45, 2.75) is 31.4 Å². The fraction of sp³-hybridized carbons (Fsp3) is 0.348. The number of benzene rings is 2. The highest BCUT2D eigenvalue weighted by Gasteiger charge is 2.27. The average molecular weight is 390 g/mol. The lowest BCUT2D eigenvalue weighted by atomic mass is 9.86. The first-order valence-electron chi connectivity index (χ1n) is 10.1. The number of carbonyl (C=O) groups excluding carboxylic acids is 1. The molecule has 0 spiro atoms. The third-order valence-corrected chi connectivity index (χ3v) is 5.42. The van der Waals surface area contributed by atoms with Gasteiger partial charge >= 0.3 is 0 Å². The van der Waals surface area contributed by atoms with Crippen molar-refractivity contribution in [1.29, 1.82) is 0 Å². The van der Waals surface area contributed by atoms with Crippen molar-refractivity contribution in [3.8, 4) is 0 Å². The van der Waals surface area contributed by atoms with E-state index < -0.39 is 0 Å². The van der Waals surface area contributed by atoms with E-state index >= 15 is 0 Å². The molecule has 1 unspecified atom stereocenters. The van der Waals surface area contributed by atoms with Crippen molar-refractivity contribution >= 4 is 5.91 Å². The van der Waals surface area contributed by atoms with Crippen molar-refractivity contribution in [1.82, 2.24) is 19.7 Å². The molecule has 1 aliphatic heterocycles. The molecule has 0 bridgehead atoms. The van der Waals surface area contributed by atoms with E-state index in [9.17, 15) is 4.79 Å². The zero-order chi connectivity index (χ0) is 19.9. The van der Waals surface area contributed by atoms with Crippen molar-refractivity contribution in [2.24, 2.45) is 0 Å². The highest BCUT2D eigenvalue weighted by Crippen LogP contribution is 2.30. The Bertz CT molecular complexity index is 844. The van der Waals surface area contributed by atoms with Crippen molar-refractivity contribution in [3.63, 3.8) is 0 Å². The molecular weight excluding hydrogens is 364 g/mol. The molecule has 1 saturated heterocycles. The molecule has 2 heterocycles. The van der Waals surface area contributed by atoms with Gasteiger partial charge in [0.05, 0.1) is 19.3 Å². The second-order valence-corrected chi connectivity index (χ2v) is 7.35. The molecule has 1 aromatic heterocycles. The van der Waals surface area contributed by atoms with Crippen LogP contribution in [0.25, 0.3) is 0 Å². The first kappa shape index (κ1) is 19.3. The molecule has 0 radical (unpaired) electrons. The Labute approximate surface area is 171 Å². The van der Waals surface area contributed by atoms with Crippen LogP contribution in [0.3, 0.4) is 0 Å². The maximum Gasteiger partial charge on any atom is 0.224 e. The number of ether oxygens (including phenoxy) is 1. The van der Waals surface area contributed by atoms with Gasteiger partial charge in [0.1, 0.15) is 12.7 Å². The maximum atomic E-state index is 12.7. The van der Waals surface area contributed by atoms with E-state index in [-0.39, 0.29) is 17.9 Å². The summed E-state index contributed by atoms with van der Waals surface area (Å²) in [4.78, 5) is 18.5. The van der Waals surface area contributed by atoms with Gasteiger partial charge in [-0.15, -0.1) is 0 Å². The second kappa shape index (κ2) is 9.47. The Balaban J connectivity index is 1.42. The topological polar surface area (TPSA) is 60.2 Å². The molecule has 3 aromatic rings. The zero-order valence-corrected chi connectivity index (χ0v) is 16.4. The van der Waals surface area contributed by atoms with Crippen molar-refractivity contribution in [3.05, 3.63) is 84.4 Å². The van der Waals surface area contributed by atoms with Crippen LogP contribution < -0.4 is 0 Å². The van der Waals surface area contributed by atoms with Gasteiger partial charge in [-0.25, -0.2) is 4.98 Å². The van der Waals surface area contributed by atoms with Gasteiger partial charge in [0, 0.05) is 25.4 Å². The Hall–Kier alpha value is -2.99. The summed E-state index contributed by atoms with van der Waals surface area (Å²) < 4.78 is 7.75. The Morgan fingerprint density at radius 1 is 1.07 bits per heavy atom. The van der Waals surface area contributed by atoms with Crippen LogP contribution >= 0.6 is 0 Å². The van der Waals surface area contributed by atoms with E-state index in [2.05, 4.69) is 58.6 Å². The van der Waals surface area contributed by atoms with Crippen LogP contribution in [0.5, 0.6) is 0 Å². The highest BCUT2D eigenvalue weighted by atomic mass is 16.5. The van der Waals surface area contributed by atoms with Gasteiger partial charge in [-0.3, -0.25) is 9.48 Å². The third-order valence-electron chi connectivity index (χ3n) is 5.42. The van der Waals surface area contributed by atoms with E-state index in [4.69, 9.17) is 4.74 Å². The fourth-order valence-corrected chi connectivity index (χ4v) is 3.90. The zero-order valence-electron chi connectivity index (χ0n) is 16.4. The van der Waals surface area contributed by atoms with Crippen LogP contribution in [-0.4, -0.2) is 51.4 Å². The molecule has 1 atom stereocenters. The number of hydrogen-bond donors (Lipinski definition) is 0.